The summed E-state index contributed by atoms with van der Waals surface area (Å²) in [5, 5.41) is 13.2. The van der Waals surface area contributed by atoms with E-state index in [0.717, 1.165) is 68.6 Å². The van der Waals surface area contributed by atoms with Gasteiger partial charge in [-0.3, -0.25) is 15.1 Å². The Morgan fingerprint density at radius 3 is 2.49 bits per heavy atom. The number of ether oxygens (including phenoxy) is 1. The van der Waals surface area contributed by atoms with Gasteiger partial charge in [-0.25, -0.2) is 9.37 Å². The summed E-state index contributed by atoms with van der Waals surface area (Å²) in [6, 6.07) is 15.3. The van der Waals surface area contributed by atoms with Crippen LogP contribution in [0.2, 0.25) is 0 Å². The van der Waals surface area contributed by atoms with Gasteiger partial charge in [-0.1, -0.05) is 12.1 Å². The first-order chi connectivity index (χ1) is 22.7. The number of piperidine rings is 1. The molecule has 2 aromatic heterocycles. The number of halogens is 1. The first-order valence-electron chi connectivity index (χ1n) is 16.6. The number of nitrogens with zero attached hydrogens (tertiary/aromatic N) is 6. The molecule has 0 unspecified atom stereocenters. The van der Waals surface area contributed by atoms with Gasteiger partial charge in [0.25, 0.3) is 5.91 Å². The highest BCUT2D eigenvalue weighted by atomic mass is 19.1. The molecule has 1 saturated carbocycles. The van der Waals surface area contributed by atoms with Crippen LogP contribution in [-0.4, -0.2) is 102 Å². The maximum absolute atomic E-state index is 15.9. The van der Waals surface area contributed by atoms with Crippen molar-refractivity contribution in [3.8, 4) is 17.0 Å². The summed E-state index contributed by atoms with van der Waals surface area (Å²) >= 11 is 0. The Morgan fingerprint density at radius 1 is 1.02 bits per heavy atom. The molecule has 2 aliphatic rings. The number of nitrogens with one attached hydrogen (secondary N) is 1. The number of benzene rings is 2. The topological polar surface area (TPSA) is 99.0 Å². The molecule has 6 rings (SSSR count). The summed E-state index contributed by atoms with van der Waals surface area (Å²) in [6.07, 6.45) is 6.15. The number of carbonyl (C=O) groups excluding carboxylic acids is 1. The fraction of sp³-hybridized carbons (Fsp3) is 0.472. The molecule has 0 spiro atoms. The molecule has 4 aromatic rings. The van der Waals surface area contributed by atoms with Crippen LogP contribution in [-0.2, 0) is 0 Å². The van der Waals surface area contributed by atoms with Gasteiger partial charge in [-0.2, -0.15) is 0 Å². The Morgan fingerprint density at radius 2 is 1.77 bits per heavy atom. The molecule has 0 atom stereocenters. The van der Waals surface area contributed by atoms with Crippen LogP contribution in [0.15, 0.2) is 54.7 Å². The molecule has 2 N–H and O–H groups in total. The van der Waals surface area contributed by atoms with E-state index in [1.807, 2.05) is 6.07 Å². The predicted molar refractivity (Wildman–Crippen MR) is 184 cm³/mol. The van der Waals surface area contributed by atoms with Crippen LogP contribution in [0.1, 0.15) is 54.9 Å². The molecule has 2 fully saturated rings. The minimum Gasteiger partial charge on any atom is -0.496 e. The molecule has 250 valence electrons. The number of aliphatic hydroxyl groups is 1. The van der Waals surface area contributed by atoms with E-state index in [-0.39, 0.29) is 23.4 Å². The number of fused-ring (bicyclic) bond motifs is 1. The number of aliphatic hydroxyl groups excluding tert-OH is 1. The van der Waals surface area contributed by atoms with Crippen molar-refractivity contribution in [3.05, 3.63) is 66.1 Å². The highest BCUT2D eigenvalue weighted by Gasteiger charge is 2.28. The number of rotatable bonds is 10. The van der Waals surface area contributed by atoms with Crippen molar-refractivity contribution >= 4 is 28.6 Å². The number of imidazole rings is 1. The van der Waals surface area contributed by atoms with Crippen LogP contribution in [0.5, 0.6) is 5.75 Å². The lowest BCUT2D eigenvalue weighted by Gasteiger charge is -2.38. The molecule has 0 bridgehead atoms. The summed E-state index contributed by atoms with van der Waals surface area (Å²) in [4.78, 5) is 29.9. The van der Waals surface area contributed by atoms with Crippen molar-refractivity contribution in [1.29, 1.82) is 0 Å². The molecule has 47 heavy (non-hydrogen) atoms. The third-order valence-electron chi connectivity index (χ3n) is 9.78. The van der Waals surface area contributed by atoms with Crippen molar-refractivity contribution < 1.29 is 19.0 Å². The largest absolute Gasteiger partial charge is 0.496 e. The maximum Gasteiger partial charge on any atom is 0.261 e. The fourth-order valence-corrected chi connectivity index (χ4v) is 6.97. The molecular weight excluding hydrogens is 597 g/mol. The first kappa shape index (κ1) is 32.9. The minimum absolute atomic E-state index is 0.0384. The molecule has 11 heteroatoms. The third kappa shape index (κ3) is 7.12. The SMILES string of the molecule is COc1ccccc1-c1nccc(C(=O)Nc2nc3ccc(N4CCC(N(C)CCN(C)C)CC4)cc3n2[C@H]2CC[C@@H](O)CC2)c1F. The van der Waals surface area contributed by atoms with Crippen molar-refractivity contribution in [2.75, 3.05) is 64.6 Å². The number of hydrogen-bond acceptors (Lipinski definition) is 8. The summed E-state index contributed by atoms with van der Waals surface area (Å²) in [5.74, 6) is -0.487. The predicted octanol–water partition coefficient (Wildman–Crippen LogP) is 5.44. The van der Waals surface area contributed by atoms with Gasteiger partial charge in [0.05, 0.1) is 29.8 Å². The van der Waals surface area contributed by atoms with Crippen LogP contribution >= 0.6 is 0 Å². The summed E-state index contributed by atoms with van der Waals surface area (Å²) in [6.45, 7) is 4.03. The molecule has 0 radical (unpaired) electrons. The van der Waals surface area contributed by atoms with Crippen molar-refractivity contribution in [2.45, 2.75) is 56.7 Å². The normalized spacial score (nSPS) is 19.1. The first-order valence-corrected chi connectivity index (χ1v) is 16.6. The molecule has 1 saturated heterocycles. The summed E-state index contributed by atoms with van der Waals surface area (Å²) in [7, 11) is 7.96. The van der Waals surface area contributed by atoms with Gasteiger partial charge >= 0.3 is 0 Å². The maximum atomic E-state index is 15.9. The van der Waals surface area contributed by atoms with Gasteiger partial charge in [-0.15, -0.1) is 0 Å². The molecule has 2 aromatic carbocycles. The number of pyridine rings is 1. The zero-order chi connectivity index (χ0) is 33.1. The number of para-hydroxylation sites is 1. The standard InChI is InChI=1S/C36H46FN7O3/c1-41(2)21-22-42(3)24-16-19-43(20-17-24)26-11-14-30-31(23-26)44(25-9-12-27(45)13-10-25)36(39-30)40-35(46)29-15-18-38-34(33(29)37)28-7-5-6-8-32(28)47-4/h5-8,11,14-15,18,23-25,27,45H,9-10,12-13,16-17,19-22H2,1-4H3,(H,39,40,46)/t25-,27+. The van der Waals surface area contributed by atoms with E-state index >= 15 is 4.39 Å². The minimum atomic E-state index is -0.726. The van der Waals surface area contributed by atoms with Crippen LogP contribution in [0.25, 0.3) is 22.3 Å². The highest BCUT2D eigenvalue weighted by molar-refractivity contribution is 6.05. The average Bonchev–Trinajstić information content (AvgIpc) is 3.44. The van der Waals surface area contributed by atoms with E-state index in [1.165, 1.54) is 19.4 Å². The van der Waals surface area contributed by atoms with E-state index in [9.17, 15) is 9.90 Å². The molecule has 3 heterocycles. The molecular formula is C36H46FN7O3. The van der Waals surface area contributed by atoms with Crippen molar-refractivity contribution in [1.82, 2.24) is 24.3 Å². The second-order valence-corrected chi connectivity index (χ2v) is 13.1. The lowest BCUT2D eigenvalue weighted by atomic mass is 9.93. The summed E-state index contributed by atoms with van der Waals surface area (Å²) < 4.78 is 23.4. The van der Waals surface area contributed by atoms with Gasteiger partial charge in [0, 0.05) is 55.7 Å². The van der Waals surface area contributed by atoms with Crippen LogP contribution in [0.3, 0.4) is 0 Å². The number of methoxy groups -OCH3 is 1. The number of carbonyl (C=O) groups is 1. The molecule has 1 aliphatic heterocycles. The zero-order valence-corrected chi connectivity index (χ0v) is 27.8. The number of aromatic nitrogens is 3. The number of anilines is 2. The Hall–Kier alpha value is -4.06. The number of hydrogen-bond donors (Lipinski definition) is 2. The van der Waals surface area contributed by atoms with Gasteiger partial charge in [0.15, 0.2) is 5.82 Å². The Bertz CT molecular complexity index is 1690. The van der Waals surface area contributed by atoms with E-state index in [1.54, 1.807) is 24.3 Å². The molecule has 10 nitrogen and oxygen atoms in total. The lowest BCUT2D eigenvalue weighted by molar-refractivity contribution is 0.101. The van der Waals surface area contributed by atoms with E-state index < -0.39 is 11.7 Å². The van der Waals surface area contributed by atoms with Gasteiger partial charge in [-0.05, 0) is 96.1 Å². The Labute approximate surface area is 276 Å². The lowest BCUT2D eigenvalue weighted by Crippen LogP contribution is -2.45. The average molecular weight is 644 g/mol. The van der Waals surface area contributed by atoms with Crippen molar-refractivity contribution in [2.24, 2.45) is 0 Å². The number of likely N-dealkylation sites (N-methyl/N-ethyl adjacent to an activating group) is 2. The molecule has 1 amide bonds. The second-order valence-electron chi connectivity index (χ2n) is 13.1. The second kappa shape index (κ2) is 14.4. The quantitative estimate of drug-likeness (QED) is 0.236. The highest BCUT2D eigenvalue weighted by Crippen LogP contribution is 2.37. The Balaban J connectivity index is 1.28. The monoisotopic (exact) mass is 643 g/mol. The Kier molecular flexibility index (Phi) is 10.0. The van der Waals surface area contributed by atoms with E-state index in [0.29, 0.717) is 36.1 Å². The summed E-state index contributed by atoms with van der Waals surface area (Å²) in [5.41, 5.74) is 3.20. The number of amides is 1. The zero-order valence-electron chi connectivity index (χ0n) is 27.8. The third-order valence-corrected chi connectivity index (χ3v) is 9.78. The van der Waals surface area contributed by atoms with E-state index in [2.05, 4.69) is 62.8 Å². The molecule has 1 aliphatic carbocycles. The van der Waals surface area contributed by atoms with E-state index in [4.69, 9.17) is 9.72 Å². The van der Waals surface area contributed by atoms with Crippen LogP contribution in [0, 0.1) is 5.82 Å². The van der Waals surface area contributed by atoms with Gasteiger partial charge < -0.3 is 29.1 Å². The van der Waals surface area contributed by atoms with Crippen LogP contribution in [0.4, 0.5) is 16.0 Å². The van der Waals surface area contributed by atoms with Gasteiger partial charge in [0.1, 0.15) is 11.4 Å². The smallest absolute Gasteiger partial charge is 0.261 e. The van der Waals surface area contributed by atoms with Crippen LogP contribution < -0.4 is 15.0 Å². The van der Waals surface area contributed by atoms with Gasteiger partial charge in [0.2, 0.25) is 5.95 Å². The fourth-order valence-electron chi connectivity index (χ4n) is 6.97. The van der Waals surface area contributed by atoms with Crippen molar-refractivity contribution in [3.63, 3.8) is 0 Å².